The van der Waals surface area contributed by atoms with Crippen LogP contribution in [0.3, 0.4) is 0 Å². The fourth-order valence-corrected chi connectivity index (χ4v) is 4.10. The first-order valence-electron chi connectivity index (χ1n) is 9.55. The van der Waals surface area contributed by atoms with Gasteiger partial charge in [-0.25, -0.2) is 4.79 Å². The highest BCUT2D eigenvalue weighted by Crippen LogP contribution is 2.32. The van der Waals surface area contributed by atoms with E-state index in [1.807, 2.05) is 96.5 Å². The summed E-state index contributed by atoms with van der Waals surface area (Å²) in [6.45, 7) is -0.0855. The van der Waals surface area contributed by atoms with Crippen LogP contribution in [0.4, 0.5) is 0 Å². The highest BCUT2D eigenvalue weighted by atomic mass is 16.7. The van der Waals surface area contributed by atoms with Crippen molar-refractivity contribution in [2.45, 2.75) is 19.4 Å². The lowest BCUT2D eigenvalue weighted by atomic mass is 9.62. The first-order valence-corrected chi connectivity index (χ1v) is 9.55. The van der Waals surface area contributed by atoms with E-state index in [4.69, 9.17) is 9.31 Å². The summed E-state index contributed by atoms with van der Waals surface area (Å²) < 4.78 is 14.4. The quantitative estimate of drug-likeness (QED) is 0.667. The molecule has 0 saturated carbocycles. The van der Waals surface area contributed by atoms with Crippen LogP contribution in [0.15, 0.2) is 78.9 Å². The van der Waals surface area contributed by atoms with Crippen molar-refractivity contribution in [3.63, 3.8) is 0 Å². The molecule has 2 aliphatic rings. The van der Waals surface area contributed by atoms with Gasteiger partial charge in [0.25, 0.3) is 0 Å². The lowest BCUT2D eigenvalue weighted by Gasteiger charge is -2.35. The minimum Gasteiger partial charge on any atom is -0.618 e. The molecule has 0 bridgehead atoms. The van der Waals surface area contributed by atoms with Crippen LogP contribution in [0.25, 0.3) is 0 Å². The Bertz CT molecular complexity index is 1080. The molecule has 28 heavy (non-hydrogen) atoms. The van der Waals surface area contributed by atoms with Crippen LogP contribution in [0.5, 0.6) is 5.75 Å². The van der Waals surface area contributed by atoms with E-state index >= 15 is 0 Å². The van der Waals surface area contributed by atoms with Crippen LogP contribution in [-0.4, -0.2) is 29.4 Å². The molecule has 4 nitrogen and oxygen atoms in total. The standard InChI is InChI=1S/C23H20BNO3/c1-17-11-13-20(14-12-17)24-25(16-19-9-5-6-10-22(19)27-24)21(23(26)28-24)15-18-7-3-2-4-8-18/h2-14,16,21H,15H2,1H3. The summed E-state index contributed by atoms with van der Waals surface area (Å²) in [4.78, 5) is 13.0. The Hall–Kier alpha value is -3.34. The van der Waals surface area contributed by atoms with Gasteiger partial charge in [-0.3, -0.25) is 0 Å². The summed E-state index contributed by atoms with van der Waals surface area (Å²) >= 11 is 0. The van der Waals surface area contributed by atoms with Crippen molar-refractivity contribution in [1.29, 1.82) is 0 Å². The second-order valence-corrected chi connectivity index (χ2v) is 7.46. The molecule has 0 amide bonds. The minimum absolute atomic E-state index is 0.256. The molecule has 0 aliphatic carbocycles. The number of hydrogen-bond donors (Lipinski definition) is 0. The summed E-state index contributed by atoms with van der Waals surface area (Å²) in [5.74, 6) is 0.473. The van der Waals surface area contributed by atoms with Crippen molar-refractivity contribution in [1.82, 2.24) is 0 Å². The van der Waals surface area contributed by atoms with Gasteiger partial charge in [0.15, 0.2) is 0 Å². The zero-order valence-corrected chi connectivity index (χ0v) is 15.6. The smallest absolute Gasteiger partial charge is 0.618 e. The van der Waals surface area contributed by atoms with Gasteiger partial charge in [-0.2, -0.15) is 0 Å². The maximum atomic E-state index is 13.0. The first-order chi connectivity index (χ1) is 13.7. The topological polar surface area (TPSA) is 38.5 Å². The third-order valence-corrected chi connectivity index (χ3v) is 5.56. The number of benzene rings is 3. The summed E-state index contributed by atoms with van der Waals surface area (Å²) in [7, 11) is 0. The van der Waals surface area contributed by atoms with E-state index in [0.717, 1.165) is 27.9 Å². The number of para-hydroxylation sites is 1. The molecule has 0 spiro atoms. The highest BCUT2D eigenvalue weighted by molar-refractivity contribution is 6.77. The molecule has 2 heterocycles. The number of rotatable bonds is 3. The van der Waals surface area contributed by atoms with Gasteiger partial charge in [0.05, 0.1) is 11.3 Å². The molecule has 1 saturated heterocycles. The normalized spacial score (nSPS) is 22.5. The molecule has 0 radical (unpaired) electrons. The Balaban J connectivity index is 1.65. The Kier molecular flexibility index (Phi) is 3.83. The van der Waals surface area contributed by atoms with Gasteiger partial charge >= 0.3 is 12.7 Å². The Morgan fingerprint density at radius 3 is 2.39 bits per heavy atom. The summed E-state index contributed by atoms with van der Waals surface area (Å²) in [5.41, 5.74) is 4.05. The van der Waals surface area contributed by atoms with E-state index in [-0.39, 0.29) is 5.97 Å². The van der Waals surface area contributed by atoms with E-state index in [0.29, 0.717) is 6.42 Å². The van der Waals surface area contributed by atoms with Crippen molar-refractivity contribution in [3.05, 3.63) is 95.6 Å². The highest BCUT2D eigenvalue weighted by Gasteiger charge is 2.61. The monoisotopic (exact) mass is 369 g/mol. The summed E-state index contributed by atoms with van der Waals surface area (Å²) in [6, 6.07) is 25.4. The van der Waals surface area contributed by atoms with Crippen LogP contribution in [0, 0.1) is 6.92 Å². The van der Waals surface area contributed by atoms with Gasteiger partial charge in [-0.05, 0) is 30.1 Å². The second-order valence-electron chi connectivity index (χ2n) is 7.46. The van der Waals surface area contributed by atoms with Gasteiger partial charge < -0.3 is 13.8 Å². The third-order valence-electron chi connectivity index (χ3n) is 5.56. The van der Waals surface area contributed by atoms with Crippen LogP contribution >= 0.6 is 0 Å². The average Bonchev–Trinajstić information content (AvgIpc) is 2.99. The Morgan fingerprint density at radius 1 is 0.893 bits per heavy atom. The lowest BCUT2D eigenvalue weighted by Crippen LogP contribution is -2.64. The van der Waals surface area contributed by atoms with Crippen molar-refractivity contribution in [2.75, 3.05) is 0 Å². The Labute approximate surface area is 164 Å². The fraction of sp³-hybridized carbons (Fsp3) is 0.130. The summed E-state index contributed by atoms with van der Waals surface area (Å²) in [5, 5.41) is 0. The van der Waals surface area contributed by atoms with Gasteiger partial charge in [-0.15, -0.1) is 0 Å². The van der Waals surface area contributed by atoms with Crippen molar-refractivity contribution in [3.8, 4) is 5.75 Å². The molecule has 138 valence electrons. The molecule has 2 unspecified atom stereocenters. The van der Waals surface area contributed by atoms with Crippen LogP contribution in [0.2, 0.25) is 0 Å². The predicted molar refractivity (Wildman–Crippen MR) is 109 cm³/mol. The number of carbonyl (C=O) groups is 1. The molecule has 2 atom stereocenters. The average molecular weight is 369 g/mol. The van der Waals surface area contributed by atoms with E-state index in [1.165, 1.54) is 0 Å². The number of carbonyl (C=O) groups excluding carboxylic acids is 1. The molecule has 3 aromatic rings. The second kappa shape index (κ2) is 6.38. The maximum absolute atomic E-state index is 13.0. The molecular formula is C23H20BNO3. The molecule has 1 fully saturated rings. The van der Waals surface area contributed by atoms with E-state index in [2.05, 4.69) is 0 Å². The number of nitrogens with zero attached hydrogens (tertiary/aromatic N) is 1. The Morgan fingerprint density at radius 2 is 1.61 bits per heavy atom. The van der Waals surface area contributed by atoms with E-state index in [1.54, 1.807) is 0 Å². The van der Waals surface area contributed by atoms with E-state index in [9.17, 15) is 4.79 Å². The first kappa shape index (κ1) is 16.8. The zero-order valence-electron chi connectivity index (χ0n) is 15.6. The number of hydrogen-bond acceptors (Lipinski definition) is 3. The van der Waals surface area contributed by atoms with E-state index < -0.39 is 12.7 Å². The minimum atomic E-state index is -2.12. The molecular weight excluding hydrogens is 349 g/mol. The number of aryl methyl sites for hydroxylation is 1. The largest absolute Gasteiger partial charge is 0.682 e. The molecule has 3 aromatic carbocycles. The molecule has 5 heteroatoms. The fourth-order valence-electron chi connectivity index (χ4n) is 4.10. The van der Waals surface area contributed by atoms with Crippen molar-refractivity contribution < 1.29 is 18.6 Å². The SMILES string of the molecule is Cc1ccc([B-]23OC(=O)C(Cc4ccccc4)[N+]2=Cc2ccccc2O3)cc1. The van der Waals surface area contributed by atoms with Crippen LogP contribution in [0.1, 0.15) is 16.7 Å². The van der Waals surface area contributed by atoms with Crippen LogP contribution in [-0.2, 0) is 15.9 Å². The van der Waals surface area contributed by atoms with Crippen molar-refractivity contribution in [2.24, 2.45) is 0 Å². The maximum Gasteiger partial charge on any atom is 0.682 e. The molecule has 0 N–H and O–H groups in total. The molecule has 5 rings (SSSR count). The number of fused-ring (bicyclic) bond motifs is 2. The lowest BCUT2D eigenvalue weighted by molar-refractivity contribution is -0.432. The van der Waals surface area contributed by atoms with Crippen LogP contribution < -0.4 is 10.1 Å². The molecule has 0 aromatic heterocycles. The van der Waals surface area contributed by atoms with Gasteiger partial charge in [-0.1, -0.05) is 72.3 Å². The predicted octanol–water partition coefficient (Wildman–Crippen LogP) is 2.83. The van der Waals surface area contributed by atoms with Crippen molar-refractivity contribution >= 4 is 24.3 Å². The van der Waals surface area contributed by atoms with Gasteiger partial charge in [0.1, 0.15) is 6.21 Å². The van der Waals surface area contributed by atoms with Gasteiger partial charge in [0.2, 0.25) is 6.04 Å². The molecule has 2 aliphatic heterocycles. The summed E-state index contributed by atoms with van der Waals surface area (Å²) in [6.07, 6.45) is 2.58. The van der Waals surface area contributed by atoms with Gasteiger partial charge in [0, 0.05) is 6.42 Å². The zero-order chi connectivity index (χ0) is 19.1. The third kappa shape index (κ3) is 2.62.